The van der Waals surface area contributed by atoms with Crippen molar-refractivity contribution in [1.29, 1.82) is 0 Å². The number of benzene rings is 1. The minimum absolute atomic E-state index is 0.186. The maximum Gasteiger partial charge on any atom is 0.341 e. The SMILES string of the molecule is O=C(O)c1cn(Cc2ccc3c(c2)CCC3)ccc1=O. The van der Waals surface area contributed by atoms with Crippen LogP contribution in [0.15, 0.2) is 41.5 Å². The van der Waals surface area contributed by atoms with Crippen LogP contribution in [-0.4, -0.2) is 15.6 Å². The van der Waals surface area contributed by atoms with Crippen molar-refractivity contribution >= 4 is 5.97 Å². The summed E-state index contributed by atoms with van der Waals surface area (Å²) in [5.41, 5.74) is 3.30. The average Bonchev–Trinajstić information content (AvgIpc) is 2.88. The van der Waals surface area contributed by atoms with Crippen molar-refractivity contribution in [3.63, 3.8) is 0 Å². The molecule has 1 heterocycles. The van der Waals surface area contributed by atoms with Gasteiger partial charge in [0, 0.05) is 25.0 Å². The molecule has 2 aromatic rings. The van der Waals surface area contributed by atoms with Crippen LogP contribution in [0.25, 0.3) is 0 Å². The second kappa shape index (κ2) is 4.96. The van der Waals surface area contributed by atoms with Crippen LogP contribution >= 0.6 is 0 Å². The first-order chi connectivity index (χ1) is 9.63. The number of hydrogen-bond acceptors (Lipinski definition) is 2. The number of rotatable bonds is 3. The Labute approximate surface area is 116 Å². The lowest BCUT2D eigenvalue weighted by atomic mass is 10.1. The zero-order chi connectivity index (χ0) is 14.1. The number of carboxylic acids is 1. The molecule has 3 rings (SSSR count). The molecule has 0 fully saturated rings. The Morgan fingerprint density at radius 1 is 1.20 bits per heavy atom. The minimum Gasteiger partial charge on any atom is -0.477 e. The molecular formula is C16H15NO3. The predicted octanol–water partition coefficient (Wildman–Crippen LogP) is 2.08. The van der Waals surface area contributed by atoms with Crippen LogP contribution in [0.3, 0.4) is 0 Å². The van der Waals surface area contributed by atoms with Gasteiger partial charge in [0.1, 0.15) is 5.56 Å². The molecule has 0 saturated heterocycles. The molecule has 4 heteroatoms. The molecule has 1 aliphatic rings. The van der Waals surface area contributed by atoms with Gasteiger partial charge in [0.05, 0.1) is 0 Å². The fraction of sp³-hybridized carbons (Fsp3) is 0.250. The summed E-state index contributed by atoms with van der Waals surface area (Å²) in [6.07, 6.45) is 6.50. The zero-order valence-electron chi connectivity index (χ0n) is 11.0. The van der Waals surface area contributed by atoms with E-state index in [0.29, 0.717) is 6.54 Å². The second-order valence-corrected chi connectivity index (χ2v) is 5.16. The number of fused-ring (bicyclic) bond motifs is 1. The largest absolute Gasteiger partial charge is 0.477 e. The summed E-state index contributed by atoms with van der Waals surface area (Å²) in [6, 6.07) is 7.71. The first-order valence-corrected chi connectivity index (χ1v) is 6.67. The Bertz CT molecular complexity index is 731. The monoisotopic (exact) mass is 269 g/mol. The van der Waals surface area contributed by atoms with E-state index in [1.54, 1.807) is 10.8 Å². The number of nitrogens with zero attached hydrogens (tertiary/aromatic N) is 1. The molecule has 0 bridgehead atoms. The molecule has 0 atom stereocenters. The molecule has 20 heavy (non-hydrogen) atoms. The summed E-state index contributed by atoms with van der Waals surface area (Å²) in [4.78, 5) is 22.4. The molecule has 0 aliphatic heterocycles. The van der Waals surface area contributed by atoms with Gasteiger partial charge < -0.3 is 9.67 Å². The molecule has 1 aliphatic carbocycles. The van der Waals surface area contributed by atoms with E-state index in [9.17, 15) is 9.59 Å². The number of aryl methyl sites for hydroxylation is 2. The number of hydrogen-bond donors (Lipinski definition) is 1. The van der Waals surface area contributed by atoms with E-state index >= 15 is 0 Å². The summed E-state index contributed by atoms with van der Waals surface area (Å²) in [5.74, 6) is -1.18. The molecule has 0 amide bonds. The summed E-state index contributed by atoms with van der Waals surface area (Å²) in [6.45, 7) is 0.577. The van der Waals surface area contributed by atoms with Gasteiger partial charge in [-0.1, -0.05) is 18.2 Å². The minimum atomic E-state index is -1.18. The number of carbonyl (C=O) groups is 1. The summed E-state index contributed by atoms with van der Waals surface area (Å²) < 4.78 is 1.74. The van der Waals surface area contributed by atoms with Crippen molar-refractivity contribution in [1.82, 2.24) is 4.57 Å². The molecule has 1 aromatic heterocycles. The Hall–Kier alpha value is -2.36. The van der Waals surface area contributed by atoms with Crippen LogP contribution in [0.2, 0.25) is 0 Å². The lowest BCUT2D eigenvalue weighted by Crippen LogP contribution is -2.16. The highest BCUT2D eigenvalue weighted by atomic mass is 16.4. The van der Waals surface area contributed by atoms with Crippen LogP contribution in [0.1, 0.15) is 33.5 Å². The highest BCUT2D eigenvalue weighted by molar-refractivity contribution is 5.86. The first kappa shape index (κ1) is 12.7. The number of aromatic carboxylic acids is 1. The topological polar surface area (TPSA) is 59.3 Å². The molecular weight excluding hydrogens is 254 g/mol. The maximum absolute atomic E-state index is 11.4. The van der Waals surface area contributed by atoms with Gasteiger partial charge in [-0.15, -0.1) is 0 Å². The second-order valence-electron chi connectivity index (χ2n) is 5.16. The van der Waals surface area contributed by atoms with Gasteiger partial charge in [-0.05, 0) is 36.0 Å². The van der Waals surface area contributed by atoms with E-state index in [1.165, 1.54) is 29.8 Å². The van der Waals surface area contributed by atoms with Crippen molar-refractivity contribution in [2.45, 2.75) is 25.8 Å². The third-order valence-electron chi connectivity index (χ3n) is 3.74. The van der Waals surface area contributed by atoms with E-state index in [4.69, 9.17) is 5.11 Å². The van der Waals surface area contributed by atoms with Gasteiger partial charge in [0.25, 0.3) is 0 Å². The zero-order valence-corrected chi connectivity index (χ0v) is 11.0. The Balaban J connectivity index is 1.90. The third kappa shape index (κ3) is 2.37. The van der Waals surface area contributed by atoms with Gasteiger partial charge in [0.2, 0.25) is 0 Å². The predicted molar refractivity (Wildman–Crippen MR) is 75.2 cm³/mol. The van der Waals surface area contributed by atoms with E-state index in [0.717, 1.165) is 18.4 Å². The van der Waals surface area contributed by atoms with Gasteiger partial charge in [-0.2, -0.15) is 0 Å². The standard InChI is InChI=1S/C16H15NO3/c18-15-6-7-17(10-14(15)16(19)20)9-11-4-5-12-2-1-3-13(12)8-11/h4-8,10H,1-3,9H2,(H,19,20). The summed E-state index contributed by atoms with van der Waals surface area (Å²) in [7, 11) is 0. The van der Waals surface area contributed by atoms with Crippen LogP contribution in [0, 0.1) is 0 Å². The molecule has 4 nitrogen and oxygen atoms in total. The molecule has 1 aromatic carbocycles. The highest BCUT2D eigenvalue weighted by Gasteiger charge is 2.12. The fourth-order valence-electron chi connectivity index (χ4n) is 2.72. The van der Waals surface area contributed by atoms with E-state index < -0.39 is 11.4 Å². The Morgan fingerprint density at radius 2 is 2.00 bits per heavy atom. The van der Waals surface area contributed by atoms with Gasteiger partial charge in [-0.3, -0.25) is 4.79 Å². The fourth-order valence-corrected chi connectivity index (χ4v) is 2.72. The van der Waals surface area contributed by atoms with Crippen molar-refractivity contribution in [3.8, 4) is 0 Å². The normalized spacial score (nSPS) is 13.2. The number of carboxylic acid groups (broad SMARTS) is 1. The highest BCUT2D eigenvalue weighted by Crippen LogP contribution is 2.23. The van der Waals surface area contributed by atoms with Crippen molar-refractivity contribution in [3.05, 3.63) is 69.1 Å². The Kier molecular flexibility index (Phi) is 3.14. The van der Waals surface area contributed by atoms with Crippen LogP contribution in [0.4, 0.5) is 0 Å². The first-order valence-electron chi connectivity index (χ1n) is 6.67. The number of aromatic nitrogens is 1. The lowest BCUT2D eigenvalue weighted by Gasteiger charge is -2.09. The van der Waals surface area contributed by atoms with E-state index in [1.807, 2.05) is 0 Å². The third-order valence-corrected chi connectivity index (χ3v) is 3.74. The van der Waals surface area contributed by atoms with E-state index in [2.05, 4.69) is 18.2 Å². The molecule has 0 unspecified atom stereocenters. The maximum atomic E-state index is 11.4. The summed E-state index contributed by atoms with van der Waals surface area (Å²) >= 11 is 0. The lowest BCUT2D eigenvalue weighted by molar-refractivity contribution is 0.0694. The van der Waals surface area contributed by atoms with Crippen molar-refractivity contribution < 1.29 is 9.90 Å². The molecule has 1 N–H and O–H groups in total. The number of pyridine rings is 1. The molecule has 0 saturated carbocycles. The quantitative estimate of drug-likeness (QED) is 0.928. The van der Waals surface area contributed by atoms with Crippen LogP contribution < -0.4 is 5.43 Å². The Morgan fingerprint density at radius 3 is 2.80 bits per heavy atom. The van der Waals surface area contributed by atoms with Crippen molar-refractivity contribution in [2.24, 2.45) is 0 Å². The molecule has 0 spiro atoms. The van der Waals surface area contributed by atoms with E-state index in [-0.39, 0.29) is 5.56 Å². The van der Waals surface area contributed by atoms with Crippen LogP contribution in [0.5, 0.6) is 0 Å². The van der Waals surface area contributed by atoms with Gasteiger partial charge in [-0.25, -0.2) is 4.79 Å². The summed E-state index contributed by atoms with van der Waals surface area (Å²) in [5, 5.41) is 8.97. The van der Waals surface area contributed by atoms with Crippen molar-refractivity contribution in [2.75, 3.05) is 0 Å². The smallest absolute Gasteiger partial charge is 0.341 e. The van der Waals surface area contributed by atoms with Gasteiger partial charge >= 0.3 is 5.97 Å². The average molecular weight is 269 g/mol. The molecule has 0 radical (unpaired) electrons. The molecule has 102 valence electrons. The van der Waals surface area contributed by atoms with Gasteiger partial charge in [0.15, 0.2) is 5.43 Å². The van der Waals surface area contributed by atoms with Crippen LogP contribution in [-0.2, 0) is 19.4 Å².